The number of para-hydroxylation sites is 1. The molecule has 5 rings (SSSR count). The van der Waals surface area contributed by atoms with Gasteiger partial charge in [0, 0.05) is 23.9 Å². The molecule has 5 aromatic rings. The van der Waals surface area contributed by atoms with Crippen molar-refractivity contribution in [2.24, 2.45) is 0 Å². The van der Waals surface area contributed by atoms with Gasteiger partial charge >= 0.3 is 0 Å². The number of methoxy groups -OCH3 is 1. The summed E-state index contributed by atoms with van der Waals surface area (Å²) in [5.74, 6) is -0.0900. The van der Waals surface area contributed by atoms with Gasteiger partial charge in [-0.15, -0.1) is 0 Å². The smallest absolute Gasteiger partial charge is 0.264 e. The molecule has 0 spiro atoms. The van der Waals surface area contributed by atoms with E-state index in [9.17, 15) is 17.6 Å². The van der Waals surface area contributed by atoms with Crippen LogP contribution in [0.25, 0.3) is 21.9 Å². The van der Waals surface area contributed by atoms with E-state index in [4.69, 9.17) is 13.9 Å². The Labute approximate surface area is 218 Å². The molecule has 0 unspecified atom stereocenters. The van der Waals surface area contributed by atoms with Gasteiger partial charge in [-0.25, -0.2) is 12.8 Å². The van der Waals surface area contributed by atoms with Crippen molar-refractivity contribution >= 4 is 49.2 Å². The van der Waals surface area contributed by atoms with Crippen molar-refractivity contribution in [3.8, 4) is 11.5 Å². The molecular formula is C28H23FN2O6S. The van der Waals surface area contributed by atoms with Gasteiger partial charge < -0.3 is 19.2 Å². The summed E-state index contributed by atoms with van der Waals surface area (Å²) in [6.45, 7) is -0.287. The normalized spacial score (nSPS) is 11.4. The summed E-state index contributed by atoms with van der Waals surface area (Å²) in [5.41, 5.74) is 2.15. The number of hydrogen-bond donors (Lipinski definition) is 1. The summed E-state index contributed by atoms with van der Waals surface area (Å²) in [6, 6.07) is 22.0. The van der Waals surface area contributed by atoms with Crippen molar-refractivity contribution in [1.82, 2.24) is 0 Å². The minimum Gasteiger partial charge on any atom is -0.495 e. The number of carbonyl (C=O) groups excluding carboxylic acids is 1. The van der Waals surface area contributed by atoms with Crippen LogP contribution in [0.3, 0.4) is 0 Å². The lowest BCUT2D eigenvalue weighted by Gasteiger charge is -2.20. The second-order valence-corrected chi connectivity index (χ2v) is 10.4. The molecule has 0 radical (unpaired) electrons. The van der Waals surface area contributed by atoms with E-state index in [2.05, 4.69) is 5.32 Å². The van der Waals surface area contributed by atoms with E-state index in [0.29, 0.717) is 28.5 Å². The standard InChI is InChI=1S/C28H23FN2O6S/c1-31(38(33,34)21-13-7-18(29)8-14-21)19-9-11-20(12-10-19)36-17-28(32)30-24-16-26-23(15-27(24)35-2)22-5-3-4-6-25(22)37-26/h3-16H,17H2,1-2H3,(H,30,32). The first kappa shape index (κ1) is 25.1. The summed E-state index contributed by atoms with van der Waals surface area (Å²) in [7, 11) is -0.956. The number of benzene rings is 4. The topological polar surface area (TPSA) is 98.1 Å². The molecule has 0 saturated carbocycles. The van der Waals surface area contributed by atoms with Crippen LogP contribution in [0.5, 0.6) is 11.5 Å². The number of fused-ring (bicyclic) bond motifs is 3. The Morgan fingerprint density at radius 3 is 2.37 bits per heavy atom. The van der Waals surface area contributed by atoms with Crippen LogP contribution in [0.15, 0.2) is 94.2 Å². The zero-order chi connectivity index (χ0) is 26.9. The molecule has 0 bridgehead atoms. The Hall–Kier alpha value is -4.57. The quantitative estimate of drug-likeness (QED) is 0.279. The molecule has 38 heavy (non-hydrogen) atoms. The zero-order valence-corrected chi connectivity index (χ0v) is 21.3. The fourth-order valence-electron chi connectivity index (χ4n) is 4.01. The zero-order valence-electron chi connectivity index (χ0n) is 20.5. The molecule has 194 valence electrons. The molecule has 1 amide bonds. The maximum atomic E-state index is 13.2. The van der Waals surface area contributed by atoms with Gasteiger partial charge in [0.1, 0.15) is 28.5 Å². The maximum Gasteiger partial charge on any atom is 0.264 e. The first-order valence-corrected chi connectivity index (χ1v) is 13.0. The third-order valence-electron chi connectivity index (χ3n) is 6.02. The van der Waals surface area contributed by atoms with Gasteiger partial charge in [-0.1, -0.05) is 18.2 Å². The third kappa shape index (κ3) is 4.85. The minimum absolute atomic E-state index is 0.0327. The number of nitrogens with zero attached hydrogens (tertiary/aromatic N) is 1. The molecule has 1 heterocycles. The molecule has 0 aliphatic rings. The molecule has 0 saturated heterocycles. The number of amides is 1. The van der Waals surface area contributed by atoms with Crippen molar-refractivity contribution in [3.63, 3.8) is 0 Å². The fraction of sp³-hybridized carbons (Fsp3) is 0.107. The van der Waals surface area contributed by atoms with Crippen LogP contribution in [0, 0.1) is 5.82 Å². The number of halogens is 1. The van der Waals surface area contributed by atoms with Gasteiger partial charge in [0.25, 0.3) is 15.9 Å². The molecule has 0 atom stereocenters. The Morgan fingerprint density at radius 2 is 1.66 bits per heavy atom. The number of carbonyl (C=O) groups is 1. The Bertz CT molecular complexity index is 1730. The number of ether oxygens (including phenoxy) is 2. The van der Waals surface area contributed by atoms with Crippen LogP contribution < -0.4 is 19.1 Å². The number of furan rings is 1. The third-order valence-corrected chi connectivity index (χ3v) is 7.81. The number of hydrogen-bond acceptors (Lipinski definition) is 6. The van der Waals surface area contributed by atoms with E-state index in [1.165, 1.54) is 26.3 Å². The van der Waals surface area contributed by atoms with Crippen LogP contribution in [0.2, 0.25) is 0 Å². The fourth-order valence-corrected chi connectivity index (χ4v) is 5.20. The van der Waals surface area contributed by atoms with E-state index < -0.39 is 21.7 Å². The summed E-state index contributed by atoms with van der Waals surface area (Å²) >= 11 is 0. The number of rotatable bonds is 8. The SMILES string of the molecule is COc1cc2c(cc1NC(=O)COc1ccc(N(C)S(=O)(=O)c3ccc(F)cc3)cc1)oc1ccccc12. The van der Waals surface area contributed by atoms with Crippen molar-refractivity contribution < 1.29 is 31.5 Å². The molecule has 10 heteroatoms. The van der Waals surface area contributed by atoms with E-state index >= 15 is 0 Å². The second kappa shape index (κ2) is 10.1. The van der Waals surface area contributed by atoms with Crippen molar-refractivity contribution in [2.45, 2.75) is 4.90 Å². The highest BCUT2D eigenvalue weighted by molar-refractivity contribution is 7.92. The van der Waals surface area contributed by atoms with Crippen LogP contribution in [-0.2, 0) is 14.8 Å². The van der Waals surface area contributed by atoms with Crippen molar-refractivity contribution in [3.05, 3.63) is 90.7 Å². The first-order chi connectivity index (χ1) is 18.3. The van der Waals surface area contributed by atoms with Gasteiger partial charge in [0.05, 0.1) is 23.4 Å². The lowest BCUT2D eigenvalue weighted by molar-refractivity contribution is -0.118. The second-order valence-electron chi connectivity index (χ2n) is 8.40. The van der Waals surface area contributed by atoms with Crippen molar-refractivity contribution in [2.75, 3.05) is 30.4 Å². The Morgan fingerprint density at radius 1 is 0.947 bits per heavy atom. The van der Waals surface area contributed by atoms with Crippen LogP contribution in [0.1, 0.15) is 0 Å². The van der Waals surface area contributed by atoms with Gasteiger partial charge in [-0.3, -0.25) is 9.10 Å². The molecule has 0 aliphatic carbocycles. The minimum atomic E-state index is -3.87. The lowest BCUT2D eigenvalue weighted by Crippen LogP contribution is -2.26. The van der Waals surface area contributed by atoms with Crippen molar-refractivity contribution in [1.29, 1.82) is 0 Å². The van der Waals surface area contributed by atoms with E-state index in [-0.39, 0.29) is 11.5 Å². The molecule has 1 aromatic heterocycles. The number of nitrogens with one attached hydrogen (secondary N) is 1. The predicted molar refractivity (Wildman–Crippen MR) is 143 cm³/mol. The average molecular weight is 535 g/mol. The summed E-state index contributed by atoms with van der Waals surface area (Å²) in [5, 5.41) is 4.60. The maximum absolute atomic E-state index is 13.2. The number of anilines is 2. The first-order valence-electron chi connectivity index (χ1n) is 11.5. The van der Waals surface area contributed by atoms with Crippen LogP contribution in [-0.4, -0.2) is 35.1 Å². The highest BCUT2D eigenvalue weighted by Gasteiger charge is 2.21. The predicted octanol–water partition coefficient (Wildman–Crippen LogP) is 5.58. The highest BCUT2D eigenvalue weighted by Crippen LogP contribution is 2.36. The molecular weight excluding hydrogens is 511 g/mol. The summed E-state index contributed by atoms with van der Waals surface area (Å²) < 4.78 is 56.8. The van der Waals surface area contributed by atoms with Gasteiger partial charge in [-0.2, -0.15) is 0 Å². The van der Waals surface area contributed by atoms with Crippen LogP contribution in [0.4, 0.5) is 15.8 Å². The molecule has 8 nitrogen and oxygen atoms in total. The van der Waals surface area contributed by atoms with E-state index in [0.717, 1.165) is 32.8 Å². The summed E-state index contributed by atoms with van der Waals surface area (Å²) in [6.07, 6.45) is 0. The van der Waals surface area contributed by atoms with E-state index in [1.807, 2.05) is 30.3 Å². The lowest BCUT2D eigenvalue weighted by atomic mass is 10.1. The molecule has 0 aliphatic heterocycles. The number of sulfonamides is 1. The monoisotopic (exact) mass is 534 g/mol. The Kier molecular flexibility index (Phi) is 6.64. The van der Waals surface area contributed by atoms with Gasteiger partial charge in [0.15, 0.2) is 6.61 Å². The molecule has 1 N–H and O–H groups in total. The molecule has 0 fully saturated rings. The molecule has 4 aromatic carbocycles. The largest absolute Gasteiger partial charge is 0.495 e. The Balaban J connectivity index is 1.25. The summed E-state index contributed by atoms with van der Waals surface area (Å²) in [4.78, 5) is 12.6. The van der Waals surface area contributed by atoms with Crippen LogP contribution >= 0.6 is 0 Å². The highest BCUT2D eigenvalue weighted by atomic mass is 32.2. The average Bonchev–Trinajstić information content (AvgIpc) is 3.29. The van der Waals surface area contributed by atoms with Gasteiger partial charge in [0.2, 0.25) is 0 Å². The van der Waals surface area contributed by atoms with Gasteiger partial charge in [-0.05, 0) is 60.7 Å². The van der Waals surface area contributed by atoms with E-state index in [1.54, 1.807) is 30.3 Å².